The maximum absolute atomic E-state index is 8.92. The van der Waals surface area contributed by atoms with Gasteiger partial charge in [0.1, 0.15) is 20.3 Å². The minimum Gasteiger partial charge on any atom is -0.593 e. The van der Waals surface area contributed by atoms with Crippen LogP contribution in [0.4, 0.5) is 0 Å². The molecule has 3 aromatic carbocycles. The molecule has 0 aliphatic rings. The Hall–Kier alpha value is -2.51. The molecule has 0 radical (unpaired) electrons. The van der Waals surface area contributed by atoms with Gasteiger partial charge in [0.2, 0.25) is 0 Å². The monoisotopic (exact) mass is 465 g/mol. The van der Waals surface area contributed by atoms with Crippen LogP contribution in [0.15, 0.2) is 36.4 Å². The Bertz CT molecular complexity index is 1180. The van der Waals surface area contributed by atoms with E-state index in [-0.39, 0.29) is 8.81 Å². The Morgan fingerprint density at radius 1 is 0.788 bits per heavy atom. The van der Waals surface area contributed by atoms with Gasteiger partial charge in [0.05, 0.1) is 5.56 Å². The molecule has 33 heavy (non-hydrogen) atoms. The zero-order valence-corrected chi connectivity index (χ0v) is 22.5. The van der Waals surface area contributed by atoms with Crippen LogP contribution in [0.5, 0.6) is 17.2 Å². The van der Waals surface area contributed by atoms with E-state index in [2.05, 4.69) is 73.6 Å². The van der Waals surface area contributed by atoms with Gasteiger partial charge in [-0.05, 0) is 101 Å². The number of hydrogen-bond acceptors (Lipinski definition) is 2. The summed E-state index contributed by atoms with van der Waals surface area (Å²) in [5, 5.41) is 8.47. The highest BCUT2D eigenvalue weighted by Gasteiger charge is 2.30. The average molecular weight is 466 g/mol. The predicted molar refractivity (Wildman–Crippen MR) is 143 cm³/mol. The number of hydrogen-bond donors (Lipinski definition) is 0. The summed E-state index contributed by atoms with van der Waals surface area (Å²) in [4.78, 5) is 0. The second-order valence-corrected chi connectivity index (χ2v) is 10.8. The van der Waals surface area contributed by atoms with Crippen molar-refractivity contribution in [2.45, 2.75) is 74.1 Å². The molecule has 0 aliphatic heterocycles. The first kappa shape index (κ1) is 25.1. The van der Waals surface area contributed by atoms with Crippen molar-refractivity contribution in [2.24, 2.45) is 0 Å². The summed E-state index contributed by atoms with van der Waals surface area (Å²) in [7, 11) is 0.111. The second-order valence-electron chi connectivity index (χ2n) is 9.38. The first-order chi connectivity index (χ1) is 15.5. The summed E-state index contributed by atoms with van der Waals surface area (Å²) in [6, 6.07) is 12.5. The van der Waals surface area contributed by atoms with E-state index in [9.17, 15) is 0 Å². The highest BCUT2D eigenvalue weighted by Crippen LogP contribution is 2.49. The van der Waals surface area contributed by atoms with Gasteiger partial charge in [-0.1, -0.05) is 37.3 Å². The molecule has 2 atom stereocenters. The Morgan fingerprint density at radius 3 is 1.97 bits per heavy atom. The van der Waals surface area contributed by atoms with Crippen LogP contribution in [0, 0.1) is 48.5 Å². The molecule has 3 aromatic rings. The highest BCUT2D eigenvalue weighted by atomic mass is 31.1. The Morgan fingerprint density at radius 2 is 1.36 bits per heavy atom. The second kappa shape index (κ2) is 9.77. The zero-order chi connectivity index (χ0) is 24.5. The maximum atomic E-state index is 8.92. The van der Waals surface area contributed by atoms with Crippen LogP contribution in [-0.4, -0.2) is 10.4 Å². The third-order valence-electron chi connectivity index (χ3n) is 6.75. The van der Waals surface area contributed by atoms with Crippen molar-refractivity contribution in [1.29, 1.82) is 0 Å². The average Bonchev–Trinajstić information content (AvgIpc) is 2.76. The topological polar surface area (TPSA) is 41.4 Å². The van der Waals surface area contributed by atoms with Gasteiger partial charge in [-0.15, -0.1) is 0 Å². The third kappa shape index (κ3) is 5.04. The molecule has 0 saturated carbocycles. The van der Waals surface area contributed by atoms with Crippen molar-refractivity contribution >= 4 is 8.81 Å². The smallest absolute Gasteiger partial charge is 0.265 e. The number of para-hydroxylation sites is 1. The Balaban J connectivity index is 2.07. The van der Waals surface area contributed by atoms with E-state index >= 15 is 0 Å². The van der Waals surface area contributed by atoms with Crippen molar-refractivity contribution < 1.29 is 14.4 Å². The van der Waals surface area contributed by atoms with E-state index in [1.165, 1.54) is 5.56 Å². The fourth-order valence-corrected chi connectivity index (χ4v) is 5.01. The molecule has 3 rings (SSSR count). The van der Waals surface area contributed by atoms with Gasteiger partial charge in [0.25, 0.3) is 5.75 Å². The molecule has 2 N–H and O–H groups in total. The molecule has 0 fully saturated rings. The molecular formula is C29H38O3P+. The van der Waals surface area contributed by atoms with Gasteiger partial charge in [0, 0.05) is 11.1 Å². The van der Waals surface area contributed by atoms with Gasteiger partial charge in [-0.25, -0.2) is 0 Å². The van der Waals surface area contributed by atoms with E-state index in [4.69, 9.17) is 14.4 Å². The molecular weight excluding hydrogens is 427 g/mol. The lowest BCUT2D eigenvalue weighted by molar-refractivity contribution is 0.169. The number of aryl methyl sites for hydroxylation is 5. The standard InChI is InChI=1S/C29H37O3P/c1-10-29(9,31-24-14-12-11-13-17(24)2)33-32-28-23(8)19(4)16-21(6)26(28)25-20(5)15-18(3)22(7)27(25)30/h11-16,30,33H,10H2,1-9H3/p+1. The van der Waals surface area contributed by atoms with Gasteiger partial charge in [0.15, 0.2) is 5.34 Å². The van der Waals surface area contributed by atoms with Crippen molar-refractivity contribution in [2.75, 3.05) is 0 Å². The molecule has 2 unspecified atom stereocenters. The molecule has 0 bridgehead atoms. The quantitative estimate of drug-likeness (QED) is 0.261. The fraction of sp³-hybridized carbons (Fsp3) is 0.379. The normalized spacial score (nSPS) is 13.4. The highest BCUT2D eigenvalue weighted by molar-refractivity contribution is 7.34. The van der Waals surface area contributed by atoms with Crippen LogP contribution in [0.1, 0.15) is 59.2 Å². The summed E-state index contributed by atoms with van der Waals surface area (Å²) in [6.07, 6.45) is 0.825. The van der Waals surface area contributed by atoms with Crippen molar-refractivity contribution in [3.05, 3.63) is 75.3 Å². The van der Waals surface area contributed by atoms with Crippen LogP contribution >= 0.6 is 8.81 Å². The van der Waals surface area contributed by atoms with Crippen LogP contribution in [0.2, 0.25) is 0 Å². The summed E-state index contributed by atoms with van der Waals surface area (Å²) in [5.41, 5.74) is 9.85. The minimum absolute atomic E-state index is 0.111. The van der Waals surface area contributed by atoms with E-state index in [1.54, 1.807) is 0 Å². The predicted octanol–water partition coefficient (Wildman–Crippen LogP) is 8.13. The van der Waals surface area contributed by atoms with Crippen LogP contribution in [0.25, 0.3) is 11.1 Å². The number of benzene rings is 3. The molecule has 0 heterocycles. The molecule has 0 spiro atoms. The fourth-order valence-electron chi connectivity index (χ4n) is 4.14. The summed E-state index contributed by atoms with van der Waals surface area (Å²) in [6.45, 7) is 18.9. The number of ether oxygens (including phenoxy) is 1. The minimum atomic E-state index is -0.449. The lowest BCUT2D eigenvalue weighted by atomic mass is 9.88. The molecule has 0 aliphatic carbocycles. The van der Waals surface area contributed by atoms with E-state index in [0.29, 0.717) is 5.75 Å². The molecule has 3 nitrogen and oxygen atoms in total. The summed E-state index contributed by atoms with van der Waals surface area (Å²) < 4.78 is 13.1. The van der Waals surface area contributed by atoms with Gasteiger partial charge in [-0.3, -0.25) is 0 Å². The van der Waals surface area contributed by atoms with Crippen LogP contribution < -0.4 is 9.26 Å². The van der Waals surface area contributed by atoms with Gasteiger partial charge >= 0.3 is 0 Å². The van der Waals surface area contributed by atoms with Crippen LogP contribution in [-0.2, 0) is 0 Å². The van der Waals surface area contributed by atoms with Crippen molar-refractivity contribution in [1.82, 2.24) is 0 Å². The zero-order valence-electron chi connectivity index (χ0n) is 21.5. The SMILES string of the molecule is CCC(C)(Oc1ccccc1C)POc1c(C)c(C)cc(C)c1-c1c(C)cc(C)c(C)c1[OH2+]. The first-order valence-electron chi connectivity index (χ1n) is 11.6. The Labute approximate surface area is 201 Å². The lowest BCUT2D eigenvalue weighted by Gasteiger charge is -2.31. The van der Waals surface area contributed by atoms with Gasteiger partial charge in [-0.2, -0.15) is 0 Å². The van der Waals surface area contributed by atoms with E-state index < -0.39 is 5.34 Å². The number of rotatable bonds is 7. The Kier molecular flexibility index (Phi) is 7.44. The molecule has 0 amide bonds. The largest absolute Gasteiger partial charge is 0.593 e. The molecule has 176 valence electrons. The third-order valence-corrected chi connectivity index (χ3v) is 7.95. The first-order valence-corrected chi connectivity index (χ1v) is 12.5. The summed E-state index contributed by atoms with van der Waals surface area (Å²) >= 11 is 0. The van der Waals surface area contributed by atoms with E-state index in [1.807, 2.05) is 25.1 Å². The molecule has 4 heteroatoms. The molecule has 0 saturated heterocycles. The van der Waals surface area contributed by atoms with E-state index in [0.717, 1.165) is 62.4 Å². The summed E-state index contributed by atoms with van der Waals surface area (Å²) in [5.74, 6) is 2.36. The van der Waals surface area contributed by atoms with Crippen molar-refractivity contribution in [3.8, 4) is 28.4 Å². The van der Waals surface area contributed by atoms with Crippen molar-refractivity contribution in [3.63, 3.8) is 0 Å². The van der Waals surface area contributed by atoms with Gasteiger partial charge < -0.3 is 14.4 Å². The molecule has 0 aromatic heterocycles. The van der Waals surface area contributed by atoms with Crippen LogP contribution in [0.3, 0.4) is 0 Å². The maximum Gasteiger partial charge on any atom is 0.265 e. The lowest BCUT2D eigenvalue weighted by Crippen LogP contribution is -2.27.